The van der Waals surface area contributed by atoms with Crippen molar-refractivity contribution in [3.05, 3.63) is 48.3 Å². The standard InChI is InChI=1S/C18H22N6O2/c1-2-19-18(26)24-10-7-15(12-24)22-16(25)13-5-3-6-14(11-13)23-17-20-8-4-9-21-17/h3-6,8-9,11,15H,2,7,10,12H2,1H3,(H,19,26)(H,22,25)(H,20,21,23). The predicted octanol–water partition coefficient (Wildman–Crippen LogP) is 1.75. The van der Waals surface area contributed by atoms with Gasteiger partial charge < -0.3 is 20.9 Å². The number of hydrogen-bond acceptors (Lipinski definition) is 5. The molecule has 3 amide bonds. The zero-order valence-corrected chi connectivity index (χ0v) is 14.6. The smallest absolute Gasteiger partial charge is 0.317 e. The van der Waals surface area contributed by atoms with Crippen molar-refractivity contribution in [3.63, 3.8) is 0 Å². The first kappa shape index (κ1) is 17.7. The summed E-state index contributed by atoms with van der Waals surface area (Å²) in [5.41, 5.74) is 1.28. The molecule has 26 heavy (non-hydrogen) atoms. The Bertz CT molecular complexity index is 767. The quantitative estimate of drug-likeness (QED) is 0.760. The zero-order chi connectivity index (χ0) is 18.4. The van der Waals surface area contributed by atoms with Crippen molar-refractivity contribution >= 4 is 23.6 Å². The maximum absolute atomic E-state index is 12.5. The minimum Gasteiger partial charge on any atom is -0.347 e. The number of amides is 3. The van der Waals surface area contributed by atoms with Gasteiger partial charge in [-0.25, -0.2) is 14.8 Å². The van der Waals surface area contributed by atoms with Crippen molar-refractivity contribution in [3.8, 4) is 0 Å². The third kappa shape index (κ3) is 4.47. The molecule has 1 aliphatic rings. The summed E-state index contributed by atoms with van der Waals surface area (Å²) < 4.78 is 0. The van der Waals surface area contributed by atoms with E-state index in [2.05, 4.69) is 25.9 Å². The number of nitrogens with one attached hydrogen (secondary N) is 3. The van der Waals surface area contributed by atoms with Gasteiger partial charge in [-0.3, -0.25) is 4.79 Å². The molecule has 2 heterocycles. The van der Waals surface area contributed by atoms with Crippen LogP contribution < -0.4 is 16.0 Å². The van der Waals surface area contributed by atoms with Gasteiger partial charge in [-0.05, 0) is 37.6 Å². The van der Waals surface area contributed by atoms with Crippen molar-refractivity contribution in [2.75, 3.05) is 25.0 Å². The second kappa shape index (κ2) is 8.28. The van der Waals surface area contributed by atoms with E-state index in [1.54, 1.807) is 41.6 Å². The maximum Gasteiger partial charge on any atom is 0.317 e. The minimum absolute atomic E-state index is 0.0424. The number of anilines is 2. The predicted molar refractivity (Wildman–Crippen MR) is 98.3 cm³/mol. The average molecular weight is 354 g/mol. The molecule has 8 heteroatoms. The van der Waals surface area contributed by atoms with E-state index in [0.717, 1.165) is 12.1 Å². The lowest BCUT2D eigenvalue weighted by Gasteiger charge is -2.17. The van der Waals surface area contributed by atoms with E-state index < -0.39 is 0 Å². The van der Waals surface area contributed by atoms with Crippen LogP contribution in [0.2, 0.25) is 0 Å². The monoisotopic (exact) mass is 354 g/mol. The van der Waals surface area contributed by atoms with Crippen LogP contribution in [0.25, 0.3) is 0 Å². The van der Waals surface area contributed by atoms with Crippen molar-refractivity contribution < 1.29 is 9.59 Å². The summed E-state index contributed by atoms with van der Waals surface area (Å²) >= 11 is 0. The highest BCUT2D eigenvalue weighted by Crippen LogP contribution is 2.15. The van der Waals surface area contributed by atoms with Crippen molar-refractivity contribution in [1.82, 2.24) is 25.5 Å². The Hall–Kier alpha value is -3.16. The van der Waals surface area contributed by atoms with E-state index in [1.807, 2.05) is 13.0 Å². The van der Waals surface area contributed by atoms with Crippen molar-refractivity contribution in [1.29, 1.82) is 0 Å². The summed E-state index contributed by atoms with van der Waals surface area (Å²) in [6, 6.07) is 8.76. The van der Waals surface area contributed by atoms with Gasteiger partial charge >= 0.3 is 6.03 Å². The van der Waals surface area contributed by atoms with Crippen LogP contribution in [-0.4, -0.2) is 52.5 Å². The number of aromatic nitrogens is 2. The van der Waals surface area contributed by atoms with Crippen LogP contribution in [0.15, 0.2) is 42.7 Å². The Morgan fingerprint density at radius 2 is 2.04 bits per heavy atom. The number of hydrogen-bond donors (Lipinski definition) is 3. The van der Waals surface area contributed by atoms with Gasteiger partial charge in [-0.15, -0.1) is 0 Å². The van der Waals surface area contributed by atoms with Gasteiger partial charge in [0.05, 0.1) is 0 Å². The van der Waals surface area contributed by atoms with E-state index in [-0.39, 0.29) is 18.0 Å². The molecule has 1 fully saturated rings. The van der Waals surface area contributed by atoms with Crippen molar-refractivity contribution in [2.24, 2.45) is 0 Å². The third-order valence-electron chi connectivity index (χ3n) is 4.09. The molecule has 1 aromatic carbocycles. The Morgan fingerprint density at radius 3 is 2.81 bits per heavy atom. The first-order chi connectivity index (χ1) is 12.7. The molecule has 0 spiro atoms. The molecular weight excluding hydrogens is 332 g/mol. The van der Waals surface area contributed by atoms with Crippen LogP contribution in [0.4, 0.5) is 16.4 Å². The maximum atomic E-state index is 12.5. The van der Waals surface area contributed by atoms with E-state index in [0.29, 0.717) is 31.1 Å². The van der Waals surface area contributed by atoms with Gasteiger partial charge in [0.25, 0.3) is 5.91 Å². The largest absolute Gasteiger partial charge is 0.347 e. The van der Waals surface area contributed by atoms with E-state index >= 15 is 0 Å². The summed E-state index contributed by atoms with van der Waals surface area (Å²) in [6.45, 7) is 3.64. The molecule has 8 nitrogen and oxygen atoms in total. The first-order valence-electron chi connectivity index (χ1n) is 8.63. The van der Waals surface area contributed by atoms with Crippen LogP contribution in [0.3, 0.4) is 0 Å². The molecular formula is C18H22N6O2. The second-order valence-corrected chi connectivity index (χ2v) is 6.02. The van der Waals surface area contributed by atoms with Crippen LogP contribution >= 0.6 is 0 Å². The molecule has 1 atom stereocenters. The number of rotatable bonds is 5. The lowest BCUT2D eigenvalue weighted by molar-refractivity contribution is 0.0938. The summed E-state index contributed by atoms with van der Waals surface area (Å²) in [6.07, 6.45) is 4.04. The molecule has 2 aromatic rings. The fraction of sp³-hybridized carbons (Fsp3) is 0.333. The number of nitrogens with zero attached hydrogens (tertiary/aromatic N) is 3. The normalized spacial score (nSPS) is 16.2. The molecule has 3 N–H and O–H groups in total. The molecule has 0 saturated carbocycles. The van der Waals surface area contributed by atoms with Crippen LogP contribution in [0, 0.1) is 0 Å². The first-order valence-corrected chi connectivity index (χ1v) is 8.63. The number of likely N-dealkylation sites (tertiary alicyclic amines) is 1. The van der Waals surface area contributed by atoms with E-state index in [9.17, 15) is 9.59 Å². The zero-order valence-electron chi connectivity index (χ0n) is 14.6. The van der Waals surface area contributed by atoms with Gasteiger partial charge in [-0.1, -0.05) is 6.07 Å². The molecule has 1 saturated heterocycles. The van der Waals surface area contributed by atoms with Gasteiger partial charge in [0.1, 0.15) is 0 Å². The van der Waals surface area contributed by atoms with Gasteiger partial charge in [0.2, 0.25) is 5.95 Å². The molecule has 0 radical (unpaired) electrons. The highest BCUT2D eigenvalue weighted by Gasteiger charge is 2.27. The Kier molecular flexibility index (Phi) is 5.62. The van der Waals surface area contributed by atoms with Crippen LogP contribution in [0.5, 0.6) is 0 Å². The Labute approximate surface area is 152 Å². The third-order valence-corrected chi connectivity index (χ3v) is 4.09. The molecule has 0 bridgehead atoms. The van der Waals surface area contributed by atoms with Crippen molar-refractivity contribution in [2.45, 2.75) is 19.4 Å². The summed E-state index contributed by atoms with van der Waals surface area (Å²) in [4.78, 5) is 34.3. The van der Waals surface area contributed by atoms with E-state index in [4.69, 9.17) is 0 Å². The highest BCUT2D eigenvalue weighted by molar-refractivity contribution is 5.95. The summed E-state index contributed by atoms with van der Waals surface area (Å²) in [7, 11) is 0. The number of urea groups is 1. The molecule has 0 aliphatic carbocycles. The van der Waals surface area contributed by atoms with Gasteiger partial charge in [-0.2, -0.15) is 0 Å². The SMILES string of the molecule is CCNC(=O)N1CCC(NC(=O)c2cccc(Nc3ncccn3)c2)C1. The van der Waals surface area contributed by atoms with E-state index in [1.165, 1.54) is 0 Å². The minimum atomic E-state index is -0.162. The summed E-state index contributed by atoms with van der Waals surface area (Å²) in [5, 5.41) is 8.84. The molecule has 1 unspecified atom stereocenters. The fourth-order valence-electron chi connectivity index (χ4n) is 2.83. The number of benzene rings is 1. The van der Waals surface area contributed by atoms with Crippen LogP contribution in [-0.2, 0) is 0 Å². The topological polar surface area (TPSA) is 99.2 Å². The number of carbonyl (C=O) groups is 2. The average Bonchev–Trinajstić information content (AvgIpc) is 3.12. The lowest BCUT2D eigenvalue weighted by Crippen LogP contribution is -2.42. The summed E-state index contributed by atoms with van der Waals surface area (Å²) in [5.74, 6) is 0.309. The molecule has 3 rings (SSSR count). The Balaban J connectivity index is 1.58. The van der Waals surface area contributed by atoms with Gasteiger partial charge in [0, 0.05) is 49.3 Å². The molecule has 1 aliphatic heterocycles. The Morgan fingerprint density at radius 1 is 1.23 bits per heavy atom. The highest BCUT2D eigenvalue weighted by atomic mass is 16.2. The molecule has 136 valence electrons. The molecule has 1 aromatic heterocycles. The number of carbonyl (C=O) groups excluding carboxylic acids is 2. The second-order valence-electron chi connectivity index (χ2n) is 6.02. The fourth-order valence-corrected chi connectivity index (χ4v) is 2.83. The lowest BCUT2D eigenvalue weighted by atomic mass is 10.1. The van der Waals surface area contributed by atoms with Gasteiger partial charge in [0.15, 0.2) is 0 Å². The van der Waals surface area contributed by atoms with Crippen LogP contribution in [0.1, 0.15) is 23.7 Å².